The molecule has 1 aliphatic heterocycles. The highest BCUT2D eigenvalue weighted by Gasteiger charge is 2.39. The third-order valence-electron chi connectivity index (χ3n) is 3.23. The molecule has 1 aliphatic rings. The Morgan fingerprint density at radius 2 is 2.05 bits per heavy atom. The molecule has 1 atom stereocenters. The van der Waals surface area contributed by atoms with E-state index in [1.165, 1.54) is 6.08 Å². The van der Waals surface area contributed by atoms with Crippen molar-refractivity contribution in [1.82, 2.24) is 0 Å². The molecule has 6 heteroatoms. The summed E-state index contributed by atoms with van der Waals surface area (Å²) in [7, 11) is 0. The normalized spacial score (nSPS) is 20.9. The summed E-state index contributed by atoms with van der Waals surface area (Å²) < 4.78 is 26.9. The summed E-state index contributed by atoms with van der Waals surface area (Å²) in [5.74, 6) is -3.67. The lowest BCUT2D eigenvalue weighted by atomic mass is 9.99. The summed E-state index contributed by atoms with van der Waals surface area (Å²) in [6, 6.07) is 6.62. The Hall–Kier alpha value is -1.56. The summed E-state index contributed by atoms with van der Waals surface area (Å²) in [5, 5.41) is 2.39. The Kier molecular flexibility index (Phi) is 4.32. The first-order chi connectivity index (χ1) is 9.44. The smallest absolute Gasteiger partial charge is 0.268 e. The molecule has 0 radical (unpaired) electrons. The van der Waals surface area contributed by atoms with Gasteiger partial charge in [-0.25, -0.2) is 8.78 Å². The molecular weight excluding hydrogens is 284 g/mol. The SMILES string of the molecule is CC(C(=O)N=O)c1ccc(/C=C2\SCCC2(F)F)cc1. The number of hydrogen-bond donors (Lipinski definition) is 0. The summed E-state index contributed by atoms with van der Waals surface area (Å²) in [6.45, 7) is 1.58. The molecule has 0 bridgehead atoms. The van der Waals surface area contributed by atoms with Gasteiger partial charge in [0.05, 0.1) is 10.8 Å². The fourth-order valence-electron chi connectivity index (χ4n) is 1.92. The van der Waals surface area contributed by atoms with Gasteiger partial charge in [-0.3, -0.25) is 4.79 Å². The topological polar surface area (TPSA) is 46.5 Å². The lowest BCUT2D eigenvalue weighted by Crippen LogP contribution is -2.11. The van der Waals surface area contributed by atoms with Crippen molar-refractivity contribution >= 4 is 23.7 Å². The predicted octanol–water partition coefficient (Wildman–Crippen LogP) is 4.20. The Morgan fingerprint density at radius 1 is 1.40 bits per heavy atom. The predicted molar refractivity (Wildman–Crippen MR) is 75.7 cm³/mol. The van der Waals surface area contributed by atoms with Crippen LogP contribution in [0, 0.1) is 4.91 Å². The maximum Gasteiger partial charge on any atom is 0.293 e. The van der Waals surface area contributed by atoms with Crippen molar-refractivity contribution in [1.29, 1.82) is 0 Å². The van der Waals surface area contributed by atoms with E-state index in [9.17, 15) is 18.5 Å². The summed E-state index contributed by atoms with van der Waals surface area (Å²) >= 11 is 1.16. The molecule has 0 aliphatic carbocycles. The number of alkyl halides is 2. The standard InChI is InChI=1S/C14H13F2NO2S/c1-9(13(18)17-19)11-4-2-10(3-5-11)8-12-14(15,16)6-7-20-12/h2-5,8-9H,6-7H2,1H3/b12-8-. The fraction of sp³-hybridized carbons (Fsp3) is 0.357. The molecule has 1 saturated heterocycles. The Morgan fingerprint density at radius 3 is 2.55 bits per heavy atom. The minimum Gasteiger partial charge on any atom is -0.268 e. The maximum atomic E-state index is 13.5. The van der Waals surface area contributed by atoms with E-state index < -0.39 is 17.7 Å². The van der Waals surface area contributed by atoms with Gasteiger partial charge in [0.2, 0.25) is 0 Å². The lowest BCUT2D eigenvalue weighted by molar-refractivity contribution is -0.119. The van der Waals surface area contributed by atoms with E-state index in [-0.39, 0.29) is 11.3 Å². The Bertz CT molecular complexity index is 555. The zero-order valence-electron chi connectivity index (χ0n) is 10.8. The third-order valence-corrected chi connectivity index (χ3v) is 4.36. The first-order valence-electron chi connectivity index (χ1n) is 6.14. The van der Waals surface area contributed by atoms with Crippen molar-refractivity contribution in [3.8, 4) is 0 Å². The van der Waals surface area contributed by atoms with Crippen LogP contribution in [0.2, 0.25) is 0 Å². The highest BCUT2D eigenvalue weighted by atomic mass is 32.2. The zero-order chi connectivity index (χ0) is 14.8. The number of amides is 1. The number of carbonyl (C=O) groups excluding carboxylic acids is 1. The van der Waals surface area contributed by atoms with E-state index in [0.717, 1.165) is 11.8 Å². The molecule has 1 heterocycles. The van der Waals surface area contributed by atoms with Gasteiger partial charge in [0.15, 0.2) is 0 Å². The molecule has 1 unspecified atom stereocenters. The van der Waals surface area contributed by atoms with E-state index in [4.69, 9.17) is 0 Å². The van der Waals surface area contributed by atoms with Crippen LogP contribution in [-0.4, -0.2) is 17.6 Å². The highest BCUT2D eigenvalue weighted by molar-refractivity contribution is 8.03. The number of rotatable bonds is 3. The van der Waals surface area contributed by atoms with E-state index >= 15 is 0 Å². The second-order valence-electron chi connectivity index (χ2n) is 4.63. The minimum atomic E-state index is -2.74. The number of benzene rings is 1. The van der Waals surface area contributed by atoms with Gasteiger partial charge in [-0.15, -0.1) is 16.7 Å². The van der Waals surface area contributed by atoms with E-state index in [1.807, 2.05) is 0 Å². The first-order valence-corrected chi connectivity index (χ1v) is 7.12. The average molecular weight is 297 g/mol. The fourth-order valence-corrected chi connectivity index (χ4v) is 3.03. The third kappa shape index (κ3) is 3.12. The number of nitroso groups, excluding NO2 is 1. The molecule has 1 fully saturated rings. The second kappa shape index (κ2) is 5.83. The van der Waals surface area contributed by atoms with Crippen LogP contribution in [0.5, 0.6) is 0 Å². The van der Waals surface area contributed by atoms with Crippen molar-refractivity contribution < 1.29 is 13.6 Å². The summed E-state index contributed by atoms with van der Waals surface area (Å²) in [5.41, 5.74) is 1.29. The van der Waals surface area contributed by atoms with Gasteiger partial charge in [0.25, 0.3) is 11.8 Å². The van der Waals surface area contributed by atoms with Crippen molar-refractivity contribution in [2.45, 2.75) is 25.2 Å². The lowest BCUT2D eigenvalue weighted by Gasteiger charge is -2.10. The zero-order valence-corrected chi connectivity index (χ0v) is 11.6. The van der Waals surface area contributed by atoms with Crippen LogP contribution in [0.1, 0.15) is 30.4 Å². The van der Waals surface area contributed by atoms with Crippen LogP contribution in [0.25, 0.3) is 6.08 Å². The molecule has 0 saturated carbocycles. The van der Waals surface area contributed by atoms with Crippen molar-refractivity contribution in [2.75, 3.05) is 5.75 Å². The number of allylic oxidation sites excluding steroid dienone is 1. The van der Waals surface area contributed by atoms with Gasteiger partial charge in [-0.2, -0.15) is 0 Å². The molecule has 20 heavy (non-hydrogen) atoms. The van der Waals surface area contributed by atoms with Gasteiger partial charge in [0, 0.05) is 17.4 Å². The van der Waals surface area contributed by atoms with Crippen molar-refractivity contribution in [3.63, 3.8) is 0 Å². The average Bonchev–Trinajstić information content (AvgIpc) is 2.77. The molecule has 1 aromatic carbocycles. The Labute approximate surface area is 119 Å². The molecule has 0 spiro atoms. The maximum absolute atomic E-state index is 13.5. The van der Waals surface area contributed by atoms with Gasteiger partial charge in [-0.1, -0.05) is 24.3 Å². The minimum absolute atomic E-state index is 0.0731. The molecule has 1 amide bonds. The quantitative estimate of drug-likeness (QED) is 0.786. The van der Waals surface area contributed by atoms with Crippen molar-refractivity contribution in [3.05, 3.63) is 45.2 Å². The van der Waals surface area contributed by atoms with Crippen LogP contribution in [0.4, 0.5) is 8.78 Å². The number of carbonyl (C=O) groups is 1. The van der Waals surface area contributed by atoms with Gasteiger partial charge >= 0.3 is 0 Å². The van der Waals surface area contributed by atoms with E-state index in [1.54, 1.807) is 31.2 Å². The molecule has 2 rings (SSSR count). The molecule has 1 aromatic rings. The Balaban J connectivity index is 2.19. The summed E-state index contributed by atoms with van der Waals surface area (Å²) in [4.78, 5) is 21.4. The monoisotopic (exact) mass is 297 g/mol. The number of halogens is 2. The first kappa shape index (κ1) is 14.8. The highest BCUT2D eigenvalue weighted by Crippen LogP contribution is 2.44. The molecule has 0 aromatic heterocycles. The molecular formula is C14H13F2NO2S. The van der Waals surface area contributed by atoms with Gasteiger partial charge in [-0.05, 0) is 24.1 Å². The second-order valence-corrected chi connectivity index (χ2v) is 5.77. The number of thioether (sulfide) groups is 1. The van der Waals surface area contributed by atoms with Crippen molar-refractivity contribution in [2.24, 2.45) is 5.18 Å². The number of nitrogens with zero attached hydrogens (tertiary/aromatic N) is 1. The van der Waals surface area contributed by atoms with Crippen LogP contribution in [0.15, 0.2) is 34.3 Å². The van der Waals surface area contributed by atoms with Gasteiger partial charge < -0.3 is 0 Å². The summed E-state index contributed by atoms with van der Waals surface area (Å²) in [6.07, 6.45) is 1.34. The molecule has 3 nitrogen and oxygen atoms in total. The van der Waals surface area contributed by atoms with Crippen LogP contribution in [0.3, 0.4) is 0 Å². The molecule has 106 valence electrons. The van der Waals surface area contributed by atoms with Gasteiger partial charge in [0.1, 0.15) is 0 Å². The van der Waals surface area contributed by atoms with E-state index in [0.29, 0.717) is 16.9 Å². The van der Waals surface area contributed by atoms with Crippen LogP contribution in [-0.2, 0) is 4.79 Å². The van der Waals surface area contributed by atoms with Crippen LogP contribution >= 0.6 is 11.8 Å². The molecule has 0 N–H and O–H groups in total. The van der Waals surface area contributed by atoms with Crippen LogP contribution < -0.4 is 0 Å². The number of hydrogen-bond acceptors (Lipinski definition) is 3. The van der Waals surface area contributed by atoms with E-state index in [2.05, 4.69) is 5.18 Å². The largest absolute Gasteiger partial charge is 0.293 e.